The van der Waals surface area contributed by atoms with Crippen LogP contribution >= 0.6 is 0 Å². The van der Waals surface area contributed by atoms with Gasteiger partial charge in [-0.05, 0) is 36.8 Å². The Hall–Kier alpha value is -1.02. The summed E-state index contributed by atoms with van der Waals surface area (Å²) < 4.78 is 5.59. The minimum atomic E-state index is -0.223. The van der Waals surface area contributed by atoms with Gasteiger partial charge in [0.05, 0.1) is 12.7 Å². The Labute approximate surface area is 105 Å². The molecular formula is C15H24O2. The molecule has 0 bridgehead atoms. The lowest BCUT2D eigenvalue weighted by Gasteiger charge is -2.25. The van der Waals surface area contributed by atoms with Crippen molar-refractivity contribution < 1.29 is 9.84 Å². The van der Waals surface area contributed by atoms with Crippen LogP contribution in [0.2, 0.25) is 0 Å². The molecule has 0 aromatic heterocycles. The van der Waals surface area contributed by atoms with Gasteiger partial charge in [0.1, 0.15) is 5.75 Å². The molecule has 17 heavy (non-hydrogen) atoms. The summed E-state index contributed by atoms with van der Waals surface area (Å²) in [5.41, 5.74) is -0.0136. The van der Waals surface area contributed by atoms with Gasteiger partial charge in [0, 0.05) is 0 Å². The Bertz CT molecular complexity index is 300. The van der Waals surface area contributed by atoms with Crippen LogP contribution in [0.3, 0.4) is 0 Å². The molecule has 1 unspecified atom stereocenters. The van der Waals surface area contributed by atoms with Gasteiger partial charge in [-0.25, -0.2) is 0 Å². The zero-order valence-electron chi connectivity index (χ0n) is 11.1. The number of aliphatic hydroxyl groups is 1. The van der Waals surface area contributed by atoms with Crippen LogP contribution < -0.4 is 4.74 Å². The number of aliphatic hydroxyl groups excluding tert-OH is 1. The van der Waals surface area contributed by atoms with Gasteiger partial charge in [-0.15, -0.1) is 0 Å². The van der Waals surface area contributed by atoms with Crippen molar-refractivity contribution >= 4 is 0 Å². The van der Waals surface area contributed by atoms with Crippen LogP contribution in [-0.2, 0) is 0 Å². The second kappa shape index (κ2) is 6.65. The fourth-order valence-electron chi connectivity index (χ4n) is 1.58. The summed E-state index contributed by atoms with van der Waals surface area (Å²) in [6.45, 7) is 6.93. The van der Waals surface area contributed by atoms with Crippen molar-refractivity contribution in [3.63, 3.8) is 0 Å². The molecule has 1 rings (SSSR count). The molecule has 96 valence electrons. The summed E-state index contributed by atoms with van der Waals surface area (Å²) in [4.78, 5) is 0. The van der Waals surface area contributed by atoms with Crippen molar-refractivity contribution in [1.82, 2.24) is 0 Å². The van der Waals surface area contributed by atoms with Gasteiger partial charge in [-0.1, -0.05) is 39.0 Å². The van der Waals surface area contributed by atoms with Crippen molar-refractivity contribution in [1.29, 1.82) is 0 Å². The largest absolute Gasteiger partial charge is 0.494 e. The zero-order valence-corrected chi connectivity index (χ0v) is 11.1. The maximum atomic E-state index is 9.86. The number of rotatable bonds is 6. The molecule has 0 fully saturated rings. The molecule has 0 amide bonds. The molecule has 2 heteroatoms. The lowest BCUT2D eigenvalue weighted by Crippen LogP contribution is -2.25. The molecule has 0 saturated heterocycles. The van der Waals surface area contributed by atoms with E-state index in [2.05, 4.69) is 20.8 Å². The first-order valence-corrected chi connectivity index (χ1v) is 6.36. The van der Waals surface area contributed by atoms with Gasteiger partial charge < -0.3 is 9.84 Å². The zero-order chi connectivity index (χ0) is 12.7. The molecule has 0 spiro atoms. The summed E-state index contributed by atoms with van der Waals surface area (Å²) in [6.07, 6.45) is 2.62. The molecule has 1 aromatic carbocycles. The van der Waals surface area contributed by atoms with Crippen molar-refractivity contribution in [2.75, 3.05) is 6.61 Å². The van der Waals surface area contributed by atoms with E-state index in [9.17, 15) is 5.11 Å². The Morgan fingerprint density at radius 2 is 1.76 bits per heavy atom. The fourth-order valence-corrected chi connectivity index (χ4v) is 1.58. The van der Waals surface area contributed by atoms with Crippen molar-refractivity contribution in [2.24, 2.45) is 5.41 Å². The molecule has 0 aliphatic carbocycles. The van der Waals surface area contributed by atoms with E-state index in [1.54, 1.807) is 0 Å². The predicted octanol–water partition coefficient (Wildman–Crippen LogP) is 3.64. The smallest absolute Gasteiger partial charge is 0.119 e. The van der Waals surface area contributed by atoms with E-state index >= 15 is 0 Å². The summed E-state index contributed by atoms with van der Waals surface area (Å²) in [6, 6.07) is 9.85. The average molecular weight is 236 g/mol. The second-order valence-electron chi connectivity index (χ2n) is 5.54. The Kier molecular flexibility index (Phi) is 5.49. The highest BCUT2D eigenvalue weighted by Crippen LogP contribution is 2.23. The molecule has 1 atom stereocenters. The normalized spacial score (nSPS) is 13.4. The molecule has 0 radical (unpaired) electrons. The first kappa shape index (κ1) is 14.0. The minimum Gasteiger partial charge on any atom is -0.494 e. The number of hydrogen-bond acceptors (Lipinski definition) is 2. The van der Waals surface area contributed by atoms with Gasteiger partial charge in [0.2, 0.25) is 0 Å². The van der Waals surface area contributed by atoms with E-state index < -0.39 is 0 Å². The van der Waals surface area contributed by atoms with E-state index in [1.165, 1.54) is 0 Å². The van der Waals surface area contributed by atoms with Crippen LogP contribution in [0.1, 0.15) is 40.0 Å². The number of hydrogen-bond donors (Lipinski definition) is 1. The predicted molar refractivity (Wildman–Crippen MR) is 71.2 cm³/mol. The maximum Gasteiger partial charge on any atom is 0.119 e. The number of ether oxygens (including phenoxy) is 1. The highest BCUT2D eigenvalue weighted by atomic mass is 16.5. The van der Waals surface area contributed by atoms with Crippen LogP contribution in [0.25, 0.3) is 0 Å². The van der Waals surface area contributed by atoms with Crippen molar-refractivity contribution in [3.8, 4) is 5.75 Å². The van der Waals surface area contributed by atoms with Crippen LogP contribution in [0.5, 0.6) is 5.75 Å². The van der Waals surface area contributed by atoms with E-state index in [0.29, 0.717) is 0 Å². The highest BCUT2D eigenvalue weighted by Gasteiger charge is 2.20. The third kappa shape index (κ3) is 5.73. The summed E-state index contributed by atoms with van der Waals surface area (Å²) in [5.74, 6) is 0.920. The van der Waals surface area contributed by atoms with Gasteiger partial charge in [0.15, 0.2) is 0 Å². The monoisotopic (exact) mass is 236 g/mol. The lowest BCUT2D eigenvalue weighted by molar-refractivity contribution is 0.0526. The topological polar surface area (TPSA) is 29.5 Å². The van der Waals surface area contributed by atoms with Crippen LogP contribution in [0, 0.1) is 5.41 Å². The third-order valence-electron chi connectivity index (χ3n) is 2.88. The van der Waals surface area contributed by atoms with Crippen molar-refractivity contribution in [3.05, 3.63) is 30.3 Å². The van der Waals surface area contributed by atoms with Crippen LogP contribution in [0.4, 0.5) is 0 Å². The van der Waals surface area contributed by atoms with Crippen LogP contribution in [-0.4, -0.2) is 17.8 Å². The summed E-state index contributed by atoms with van der Waals surface area (Å²) >= 11 is 0. The Morgan fingerprint density at radius 3 is 2.35 bits per heavy atom. The highest BCUT2D eigenvalue weighted by molar-refractivity contribution is 5.20. The fraction of sp³-hybridized carbons (Fsp3) is 0.600. The third-order valence-corrected chi connectivity index (χ3v) is 2.88. The molecule has 1 aromatic rings. The Balaban J connectivity index is 2.09. The van der Waals surface area contributed by atoms with Gasteiger partial charge in [0.25, 0.3) is 0 Å². The second-order valence-corrected chi connectivity index (χ2v) is 5.54. The summed E-state index contributed by atoms with van der Waals surface area (Å²) in [5, 5.41) is 9.86. The average Bonchev–Trinajstić information content (AvgIpc) is 2.28. The van der Waals surface area contributed by atoms with Crippen LogP contribution in [0.15, 0.2) is 30.3 Å². The first-order valence-electron chi connectivity index (χ1n) is 6.36. The van der Waals surface area contributed by atoms with Crippen molar-refractivity contribution in [2.45, 2.75) is 46.1 Å². The number of para-hydroxylation sites is 1. The molecule has 0 heterocycles. The van der Waals surface area contributed by atoms with E-state index in [1.807, 2.05) is 30.3 Å². The van der Waals surface area contributed by atoms with E-state index in [-0.39, 0.29) is 11.5 Å². The standard InChI is InChI=1S/C15H24O2/c1-15(2,3)14(16)11-7-8-12-17-13-9-5-4-6-10-13/h4-6,9-10,14,16H,7-8,11-12H2,1-3H3. The van der Waals surface area contributed by atoms with E-state index in [0.717, 1.165) is 31.6 Å². The molecule has 2 nitrogen and oxygen atoms in total. The molecular weight excluding hydrogens is 212 g/mol. The van der Waals surface area contributed by atoms with Gasteiger partial charge in [-0.2, -0.15) is 0 Å². The van der Waals surface area contributed by atoms with Gasteiger partial charge in [-0.3, -0.25) is 0 Å². The Morgan fingerprint density at radius 1 is 1.12 bits per heavy atom. The molecule has 1 N–H and O–H groups in total. The number of benzene rings is 1. The van der Waals surface area contributed by atoms with Gasteiger partial charge >= 0.3 is 0 Å². The number of unbranched alkanes of at least 4 members (excludes halogenated alkanes) is 1. The quantitative estimate of drug-likeness (QED) is 0.764. The minimum absolute atomic E-state index is 0.0136. The summed E-state index contributed by atoms with van der Waals surface area (Å²) in [7, 11) is 0. The first-order chi connectivity index (χ1) is 8.00. The molecule has 0 aliphatic heterocycles. The molecule has 0 saturated carbocycles. The lowest BCUT2D eigenvalue weighted by atomic mass is 9.86. The van der Waals surface area contributed by atoms with E-state index in [4.69, 9.17) is 4.74 Å². The molecule has 0 aliphatic rings. The maximum absolute atomic E-state index is 9.86. The SMILES string of the molecule is CC(C)(C)C(O)CCCCOc1ccccc1.